The Morgan fingerprint density at radius 3 is 2.74 bits per heavy atom. The number of para-hydroxylation sites is 2. The van der Waals surface area contributed by atoms with Gasteiger partial charge in [0.1, 0.15) is 19.0 Å². The third-order valence-corrected chi connectivity index (χ3v) is 3.33. The van der Waals surface area contributed by atoms with Gasteiger partial charge in [0.15, 0.2) is 0 Å². The smallest absolute Gasteiger partial charge is 0.246 e. The van der Waals surface area contributed by atoms with Crippen LogP contribution in [-0.2, 0) is 27.4 Å². The van der Waals surface area contributed by atoms with Crippen molar-refractivity contribution >= 4 is 22.8 Å². The maximum atomic E-state index is 12.0. The summed E-state index contributed by atoms with van der Waals surface area (Å²) >= 11 is 0. The van der Waals surface area contributed by atoms with Crippen LogP contribution in [0.3, 0.4) is 0 Å². The molecule has 1 aromatic carbocycles. The number of methoxy groups -OCH3 is 1. The molecule has 0 unspecified atom stereocenters. The van der Waals surface area contributed by atoms with Gasteiger partial charge in [-0.05, 0) is 18.6 Å². The van der Waals surface area contributed by atoms with Crippen LogP contribution in [0.25, 0.3) is 11.0 Å². The molecule has 124 valence electrons. The summed E-state index contributed by atoms with van der Waals surface area (Å²) in [5.41, 5.74) is 1.67. The quantitative estimate of drug-likeness (QED) is 0.755. The number of carbonyl (C=O) groups is 2. The molecule has 0 spiro atoms. The predicted molar refractivity (Wildman–Crippen MR) is 86.8 cm³/mol. The standard InChI is InChI=1S/C16H22N4O3/c1-3-8-17-15(21)10-20-13-7-5-4-6-12(13)19-14(20)9-18-16(22)11-23-2/h4-7H,3,8-11H2,1-2H3,(H,17,21)(H,18,22). The summed E-state index contributed by atoms with van der Waals surface area (Å²) in [5.74, 6) is 0.350. The first-order valence-corrected chi connectivity index (χ1v) is 7.62. The zero-order valence-electron chi connectivity index (χ0n) is 13.5. The van der Waals surface area contributed by atoms with Crippen LogP contribution in [0.2, 0.25) is 0 Å². The lowest BCUT2D eigenvalue weighted by molar-refractivity contribution is -0.124. The zero-order valence-corrected chi connectivity index (χ0v) is 13.5. The number of imidazole rings is 1. The Hall–Kier alpha value is -2.41. The minimum absolute atomic E-state index is 0.00276. The second-order valence-electron chi connectivity index (χ2n) is 5.16. The van der Waals surface area contributed by atoms with Crippen molar-refractivity contribution in [3.05, 3.63) is 30.1 Å². The monoisotopic (exact) mass is 318 g/mol. The molecule has 0 saturated heterocycles. The van der Waals surface area contributed by atoms with E-state index in [0.29, 0.717) is 12.4 Å². The van der Waals surface area contributed by atoms with Gasteiger partial charge in [0, 0.05) is 13.7 Å². The molecule has 0 aliphatic rings. The van der Waals surface area contributed by atoms with E-state index in [1.165, 1.54) is 7.11 Å². The highest BCUT2D eigenvalue weighted by Gasteiger charge is 2.14. The van der Waals surface area contributed by atoms with Gasteiger partial charge in [0.2, 0.25) is 11.8 Å². The topological polar surface area (TPSA) is 85.2 Å². The average Bonchev–Trinajstić information content (AvgIpc) is 2.89. The molecule has 1 aromatic heterocycles. The van der Waals surface area contributed by atoms with Gasteiger partial charge >= 0.3 is 0 Å². The van der Waals surface area contributed by atoms with Crippen molar-refractivity contribution in [1.29, 1.82) is 0 Å². The summed E-state index contributed by atoms with van der Waals surface area (Å²) in [6.07, 6.45) is 0.885. The Kier molecular flexibility index (Phi) is 6.10. The summed E-state index contributed by atoms with van der Waals surface area (Å²) in [7, 11) is 1.47. The molecule has 0 saturated carbocycles. The Labute approximate surface area is 135 Å². The molecule has 0 radical (unpaired) electrons. The molecule has 1 heterocycles. The molecule has 23 heavy (non-hydrogen) atoms. The summed E-state index contributed by atoms with van der Waals surface area (Å²) < 4.78 is 6.61. The van der Waals surface area contributed by atoms with E-state index in [-0.39, 0.29) is 31.5 Å². The van der Waals surface area contributed by atoms with Crippen molar-refractivity contribution in [2.24, 2.45) is 0 Å². The lowest BCUT2D eigenvalue weighted by Gasteiger charge is -2.10. The number of fused-ring (bicyclic) bond motifs is 1. The Balaban J connectivity index is 2.19. The van der Waals surface area contributed by atoms with Crippen LogP contribution in [0.1, 0.15) is 19.2 Å². The van der Waals surface area contributed by atoms with E-state index < -0.39 is 0 Å². The fourth-order valence-corrected chi connectivity index (χ4v) is 2.26. The first kappa shape index (κ1) is 17.0. The van der Waals surface area contributed by atoms with Gasteiger partial charge in [-0.2, -0.15) is 0 Å². The highest BCUT2D eigenvalue weighted by atomic mass is 16.5. The van der Waals surface area contributed by atoms with Gasteiger partial charge < -0.3 is 19.9 Å². The molecule has 2 N–H and O–H groups in total. The number of ether oxygens (including phenoxy) is 1. The molecular formula is C16H22N4O3. The van der Waals surface area contributed by atoms with Crippen LogP contribution in [-0.4, -0.2) is 41.6 Å². The summed E-state index contributed by atoms with van der Waals surface area (Å²) in [6, 6.07) is 7.59. The zero-order chi connectivity index (χ0) is 16.7. The highest BCUT2D eigenvalue weighted by molar-refractivity contribution is 5.81. The molecule has 0 aliphatic heterocycles. The van der Waals surface area contributed by atoms with Gasteiger partial charge in [-0.25, -0.2) is 4.98 Å². The summed E-state index contributed by atoms with van der Waals surface area (Å²) in [5, 5.41) is 5.59. The van der Waals surface area contributed by atoms with E-state index in [2.05, 4.69) is 15.6 Å². The fourth-order valence-electron chi connectivity index (χ4n) is 2.26. The first-order chi connectivity index (χ1) is 11.2. The molecule has 0 bridgehead atoms. The van der Waals surface area contributed by atoms with E-state index in [0.717, 1.165) is 17.5 Å². The van der Waals surface area contributed by atoms with Crippen LogP contribution in [0.15, 0.2) is 24.3 Å². The van der Waals surface area contributed by atoms with Crippen molar-refractivity contribution in [3.63, 3.8) is 0 Å². The number of benzene rings is 1. The minimum atomic E-state index is -0.221. The molecule has 2 rings (SSSR count). The lowest BCUT2D eigenvalue weighted by atomic mass is 10.3. The minimum Gasteiger partial charge on any atom is -0.375 e. The van der Waals surface area contributed by atoms with Gasteiger partial charge in [0.25, 0.3) is 0 Å². The van der Waals surface area contributed by atoms with Crippen LogP contribution in [0.4, 0.5) is 0 Å². The third kappa shape index (κ3) is 4.53. The maximum Gasteiger partial charge on any atom is 0.246 e. The maximum absolute atomic E-state index is 12.0. The third-order valence-electron chi connectivity index (χ3n) is 3.33. The second-order valence-corrected chi connectivity index (χ2v) is 5.16. The van der Waals surface area contributed by atoms with E-state index in [9.17, 15) is 9.59 Å². The molecular weight excluding hydrogens is 296 g/mol. The largest absolute Gasteiger partial charge is 0.375 e. The Bertz CT molecular complexity index is 681. The molecule has 2 amide bonds. The molecule has 7 nitrogen and oxygen atoms in total. The van der Waals surface area contributed by atoms with Crippen LogP contribution >= 0.6 is 0 Å². The first-order valence-electron chi connectivity index (χ1n) is 7.62. The number of hydrogen-bond acceptors (Lipinski definition) is 4. The SMILES string of the molecule is CCCNC(=O)Cn1c(CNC(=O)COC)nc2ccccc21. The highest BCUT2D eigenvalue weighted by Crippen LogP contribution is 2.15. The van der Waals surface area contributed by atoms with E-state index >= 15 is 0 Å². The number of aromatic nitrogens is 2. The van der Waals surface area contributed by atoms with Crippen molar-refractivity contribution in [2.75, 3.05) is 20.3 Å². The van der Waals surface area contributed by atoms with Gasteiger partial charge in [0.05, 0.1) is 17.6 Å². The van der Waals surface area contributed by atoms with Crippen molar-refractivity contribution in [3.8, 4) is 0 Å². The summed E-state index contributed by atoms with van der Waals surface area (Å²) in [4.78, 5) is 28.1. The van der Waals surface area contributed by atoms with Crippen LogP contribution < -0.4 is 10.6 Å². The molecule has 0 atom stereocenters. The van der Waals surface area contributed by atoms with E-state index in [4.69, 9.17) is 4.74 Å². The van der Waals surface area contributed by atoms with Crippen molar-refractivity contribution < 1.29 is 14.3 Å². The number of rotatable bonds is 8. The predicted octanol–water partition coefficient (Wildman–Crippen LogP) is 0.825. The number of nitrogens with one attached hydrogen (secondary N) is 2. The van der Waals surface area contributed by atoms with Crippen molar-refractivity contribution in [1.82, 2.24) is 20.2 Å². The number of nitrogens with zero attached hydrogens (tertiary/aromatic N) is 2. The second kappa shape index (κ2) is 8.28. The number of hydrogen-bond donors (Lipinski definition) is 2. The van der Waals surface area contributed by atoms with E-state index in [1.54, 1.807) is 0 Å². The average molecular weight is 318 g/mol. The molecule has 2 aromatic rings. The number of carbonyl (C=O) groups excluding carboxylic acids is 2. The Morgan fingerprint density at radius 1 is 1.22 bits per heavy atom. The Morgan fingerprint density at radius 2 is 2.00 bits per heavy atom. The van der Waals surface area contributed by atoms with Crippen LogP contribution in [0.5, 0.6) is 0 Å². The van der Waals surface area contributed by atoms with Gasteiger partial charge in [-0.15, -0.1) is 0 Å². The van der Waals surface area contributed by atoms with Crippen molar-refractivity contribution in [2.45, 2.75) is 26.4 Å². The van der Waals surface area contributed by atoms with Crippen LogP contribution in [0, 0.1) is 0 Å². The fraction of sp³-hybridized carbons (Fsp3) is 0.438. The lowest BCUT2D eigenvalue weighted by Crippen LogP contribution is -2.31. The summed E-state index contributed by atoms with van der Waals surface area (Å²) in [6.45, 7) is 3.07. The van der Waals surface area contributed by atoms with Gasteiger partial charge in [-0.1, -0.05) is 19.1 Å². The molecule has 0 fully saturated rings. The van der Waals surface area contributed by atoms with Gasteiger partial charge in [-0.3, -0.25) is 9.59 Å². The normalized spacial score (nSPS) is 10.7. The molecule has 0 aliphatic carbocycles. The number of amides is 2. The van der Waals surface area contributed by atoms with E-state index in [1.807, 2.05) is 35.8 Å². The molecule has 7 heteroatoms.